The highest BCUT2D eigenvalue weighted by molar-refractivity contribution is 5.35. The van der Waals surface area contributed by atoms with Crippen LogP contribution in [-0.4, -0.2) is 5.26 Å². The van der Waals surface area contributed by atoms with Gasteiger partial charge in [0, 0.05) is 5.56 Å². The fourth-order valence-electron chi connectivity index (χ4n) is 1.19. The largest absolute Gasteiger partial charge is 0.340 e. The molecule has 1 aromatic rings. The van der Waals surface area contributed by atoms with Gasteiger partial charge in [-0.05, 0) is 18.4 Å². The predicted molar refractivity (Wildman–Crippen MR) is 48.4 cm³/mol. The minimum Gasteiger partial charge on any atom is -0.340 e. The zero-order valence-electron chi connectivity index (χ0n) is 7.45. The van der Waals surface area contributed by atoms with Crippen molar-refractivity contribution in [1.29, 1.82) is 0 Å². The lowest BCUT2D eigenvalue weighted by Gasteiger charge is -2.11. The minimum atomic E-state index is 0.424. The first-order valence-corrected chi connectivity index (χ1v) is 4.20. The molecule has 0 bridgehead atoms. The molecule has 0 fully saturated rings. The molecule has 1 N–H and O–H groups in total. The Bertz CT molecular complexity index is 245. The molecule has 12 heavy (non-hydrogen) atoms. The third-order valence-corrected chi connectivity index (χ3v) is 2.16. The van der Waals surface area contributed by atoms with Crippen LogP contribution in [-0.2, 0) is 0 Å². The van der Waals surface area contributed by atoms with E-state index in [2.05, 4.69) is 18.7 Å². The molecule has 0 saturated heterocycles. The van der Waals surface area contributed by atoms with Crippen LogP contribution in [0.4, 0.5) is 0 Å². The molecule has 0 spiro atoms. The second-order valence-electron chi connectivity index (χ2n) is 2.94. The standard InChI is InChI=1S/C10H14O2/c1-3-8(2)9-6-4-5-7-10(9)12-11/h4-8,11H,3H2,1-2H3. The van der Waals surface area contributed by atoms with Crippen LogP contribution in [0.1, 0.15) is 31.7 Å². The van der Waals surface area contributed by atoms with E-state index in [-0.39, 0.29) is 0 Å². The van der Waals surface area contributed by atoms with E-state index in [9.17, 15) is 0 Å². The maximum absolute atomic E-state index is 8.56. The molecular weight excluding hydrogens is 152 g/mol. The van der Waals surface area contributed by atoms with Crippen molar-refractivity contribution < 1.29 is 10.1 Å². The molecule has 0 saturated carbocycles. The quantitative estimate of drug-likeness (QED) is 0.552. The van der Waals surface area contributed by atoms with Gasteiger partial charge in [-0.25, -0.2) is 5.26 Å². The van der Waals surface area contributed by atoms with Crippen molar-refractivity contribution in [3.05, 3.63) is 29.8 Å². The summed E-state index contributed by atoms with van der Waals surface area (Å²) in [7, 11) is 0. The summed E-state index contributed by atoms with van der Waals surface area (Å²) in [5, 5.41) is 8.56. The summed E-state index contributed by atoms with van der Waals surface area (Å²) in [6.07, 6.45) is 1.04. The van der Waals surface area contributed by atoms with Crippen LogP contribution in [0.15, 0.2) is 24.3 Å². The van der Waals surface area contributed by atoms with E-state index in [1.807, 2.05) is 18.2 Å². The van der Waals surface area contributed by atoms with Crippen LogP contribution in [0.5, 0.6) is 5.75 Å². The van der Waals surface area contributed by atoms with Gasteiger partial charge >= 0.3 is 0 Å². The molecule has 0 aliphatic rings. The third-order valence-electron chi connectivity index (χ3n) is 2.16. The minimum absolute atomic E-state index is 0.424. The van der Waals surface area contributed by atoms with Crippen molar-refractivity contribution in [2.75, 3.05) is 0 Å². The molecule has 0 aliphatic carbocycles. The van der Waals surface area contributed by atoms with Crippen molar-refractivity contribution in [3.8, 4) is 5.75 Å². The van der Waals surface area contributed by atoms with E-state index in [0.717, 1.165) is 12.0 Å². The Morgan fingerprint density at radius 1 is 1.42 bits per heavy atom. The Morgan fingerprint density at radius 2 is 2.08 bits per heavy atom. The van der Waals surface area contributed by atoms with Gasteiger partial charge in [-0.15, -0.1) is 0 Å². The first-order valence-electron chi connectivity index (χ1n) is 4.20. The smallest absolute Gasteiger partial charge is 0.168 e. The van der Waals surface area contributed by atoms with Crippen molar-refractivity contribution in [2.45, 2.75) is 26.2 Å². The van der Waals surface area contributed by atoms with Crippen LogP contribution >= 0.6 is 0 Å². The van der Waals surface area contributed by atoms with Gasteiger partial charge in [0.25, 0.3) is 0 Å². The second-order valence-corrected chi connectivity index (χ2v) is 2.94. The number of hydrogen-bond donors (Lipinski definition) is 1. The highest BCUT2D eigenvalue weighted by Crippen LogP contribution is 2.27. The van der Waals surface area contributed by atoms with Gasteiger partial charge in [0.2, 0.25) is 0 Å². The summed E-state index contributed by atoms with van der Waals surface area (Å²) in [5.74, 6) is 0.986. The van der Waals surface area contributed by atoms with E-state index in [4.69, 9.17) is 5.26 Å². The Morgan fingerprint density at radius 3 is 2.67 bits per heavy atom. The molecule has 1 unspecified atom stereocenters. The highest BCUT2D eigenvalue weighted by atomic mass is 17.1. The Hall–Kier alpha value is -1.02. The zero-order valence-corrected chi connectivity index (χ0v) is 7.45. The van der Waals surface area contributed by atoms with Crippen molar-refractivity contribution >= 4 is 0 Å². The number of para-hydroxylation sites is 1. The summed E-state index contributed by atoms with van der Waals surface area (Å²) < 4.78 is 0. The number of rotatable bonds is 3. The van der Waals surface area contributed by atoms with Crippen LogP contribution in [0, 0.1) is 0 Å². The Balaban J connectivity index is 2.96. The fourth-order valence-corrected chi connectivity index (χ4v) is 1.19. The Kier molecular flexibility index (Phi) is 3.11. The van der Waals surface area contributed by atoms with Gasteiger partial charge in [-0.2, -0.15) is 0 Å². The van der Waals surface area contributed by atoms with Crippen molar-refractivity contribution in [2.24, 2.45) is 0 Å². The third kappa shape index (κ3) is 1.77. The summed E-state index contributed by atoms with van der Waals surface area (Å²) in [6, 6.07) is 7.53. The first-order chi connectivity index (χ1) is 5.79. The second kappa shape index (κ2) is 4.12. The molecule has 0 radical (unpaired) electrons. The molecule has 0 aliphatic heterocycles. The van der Waals surface area contributed by atoms with Gasteiger partial charge < -0.3 is 4.89 Å². The number of hydrogen-bond acceptors (Lipinski definition) is 2. The molecule has 1 atom stereocenters. The summed E-state index contributed by atoms with van der Waals surface area (Å²) in [4.78, 5) is 4.27. The van der Waals surface area contributed by atoms with Crippen LogP contribution in [0.2, 0.25) is 0 Å². The molecule has 1 rings (SSSR count). The Labute approximate surface area is 72.7 Å². The van der Waals surface area contributed by atoms with E-state index >= 15 is 0 Å². The van der Waals surface area contributed by atoms with Crippen LogP contribution < -0.4 is 4.89 Å². The van der Waals surface area contributed by atoms with Crippen LogP contribution in [0.25, 0.3) is 0 Å². The highest BCUT2D eigenvalue weighted by Gasteiger charge is 2.08. The lowest BCUT2D eigenvalue weighted by Crippen LogP contribution is -1.95. The molecular formula is C10H14O2. The normalized spacial score (nSPS) is 12.6. The monoisotopic (exact) mass is 166 g/mol. The summed E-state index contributed by atoms with van der Waals surface area (Å²) >= 11 is 0. The average Bonchev–Trinajstić information content (AvgIpc) is 2.16. The molecule has 0 aromatic heterocycles. The van der Waals surface area contributed by atoms with Gasteiger partial charge in [0.05, 0.1) is 0 Å². The van der Waals surface area contributed by atoms with Gasteiger partial charge in [-0.3, -0.25) is 0 Å². The first kappa shape index (κ1) is 9.07. The van der Waals surface area contributed by atoms with E-state index in [1.165, 1.54) is 0 Å². The van der Waals surface area contributed by atoms with Crippen molar-refractivity contribution in [3.63, 3.8) is 0 Å². The van der Waals surface area contributed by atoms with E-state index < -0.39 is 0 Å². The summed E-state index contributed by atoms with van der Waals surface area (Å²) in [5.41, 5.74) is 1.06. The van der Waals surface area contributed by atoms with E-state index in [1.54, 1.807) is 6.07 Å². The predicted octanol–water partition coefficient (Wildman–Crippen LogP) is 3.05. The lowest BCUT2D eigenvalue weighted by molar-refractivity contribution is -0.138. The maximum Gasteiger partial charge on any atom is 0.168 e. The molecule has 0 heterocycles. The van der Waals surface area contributed by atoms with Gasteiger partial charge in [0.1, 0.15) is 0 Å². The van der Waals surface area contributed by atoms with Crippen molar-refractivity contribution in [1.82, 2.24) is 0 Å². The van der Waals surface area contributed by atoms with Crippen LogP contribution in [0.3, 0.4) is 0 Å². The topological polar surface area (TPSA) is 29.5 Å². The van der Waals surface area contributed by atoms with E-state index in [0.29, 0.717) is 11.7 Å². The SMILES string of the molecule is CCC(C)c1ccccc1OO. The van der Waals surface area contributed by atoms with Gasteiger partial charge in [-0.1, -0.05) is 32.0 Å². The average molecular weight is 166 g/mol. The molecule has 1 aromatic carbocycles. The zero-order chi connectivity index (χ0) is 8.97. The number of benzene rings is 1. The molecule has 66 valence electrons. The maximum atomic E-state index is 8.56. The van der Waals surface area contributed by atoms with Gasteiger partial charge in [0.15, 0.2) is 5.75 Å². The molecule has 2 nitrogen and oxygen atoms in total. The summed E-state index contributed by atoms with van der Waals surface area (Å²) in [6.45, 7) is 4.22. The molecule has 2 heteroatoms. The molecule has 0 amide bonds. The fraction of sp³-hybridized carbons (Fsp3) is 0.400. The lowest BCUT2D eigenvalue weighted by atomic mass is 9.98.